The van der Waals surface area contributed by atoms with Crippen LogP contribution in [0.15, 0.2) is 30.6 Å². The topological polar surface area (TPSA) is 107 Å². The second-order valence-corrected chi connectivity index (χ2v) is 7.43. The Bertz CT molecular complexity index is 850. The number of morpholine rings is 1. The minimum atomic E-state index is -0.110. The molecule has 8 nitrogen and oxygen atoms in total. The minimum absolute atomic E-state index is 0.110. The maximum Gasteiger partial charge on any atom is 0.132 e. The predicted octanol–water partition coefficient (Wildman–Crippen LogP) is 2.50. The number of nitrogens with one attached hydrogen (secondary N) is 1. The molecule has 29 heavy (non-hydrogen) atoms. The second-order valence-electron chi connectivity index (χ2n) is 7.43. The van der Waals surface area contributed by atoms with Crippen LogP contribution in [-0.4, -0.2) is 60.8 Å². The van der Waals surface area contributed by atoms with E-state index < -0.39 is 0 Å². The largest absolute Gasteiger partial charge is 0.488 e. The first-order chi connectivity index (χ1) is 13.9. The van der Waals surface area contributed by atoms with Gasteiger partial charge in [-0.2, -0.15) is 0 Å². The smallest absolute Gasteiger partial charge is 0.132 e. The number of aromatic nitrogens is 2. The van der Waals surface area contributed by atoms with Crippen molar-refractivity contribution in [2.75, 3.05) is 37.4 Å². The van der Waals surface area contributed by atoms with Gasteiger partial charge in [0.1, 0.15) is 24.0 Å². The van der Waals surface area contributed by atoms with Crippen LogP contribution in [0, 0.1) is 5.41 Å². The molecule has 1 aromatic heterocycles. The van der Waals surface area contributed by atoms with Crippen molar-refractivity contribution in [3.63, 3.8) is 0 Å². The fraction of sp³-hybridized carbons (Fsp3) is 0.476. The molecule has 1 aliphatic rings. The maximum absolute atomic E-state index is 8.67. The van der Waals surface area contributed by atoms with Gasteiger partial charge in [0.2, 0.25) is 0 Å². The highest BCUT2D eigenvalue weighted by Gasteiger charge is 2.24. The summed E-state index contributed by atoms with van der Waals surface area (Å²) in [6.07, 6.45) is 1.62. The molecule has 0 aliphatic carbocycles. The summed E-state index contributed by atoms with van der Waals surface area (Å²) >= 11 is 0. The number of rotatable bonds is 7. The first kappa shape index (κ1) is 21.0. The summed E-state index contributed by atoms with van der Waals surface area (Å²) in [5, 5.41) is 8.67. The highest BCUT2D eigenvalue weighted by molar-refractivity contribution is 6.13. The zero-order valence-electron chi connectivity index (χ0n) is 17.4. The third-order valence-electron chi connectivity index (χ3n) is 4.69. The van der Waals surface area contributed by atoms with Crippen LogP contribution in [0.25, 0.3) is 0 Å². The van der Waals surface area contributed by atoms with Gasteiger partial charge in [0.25, 0.3) is 0 Å². The third-order valence-corrected chi connectivity index (χ3v) is 4.69. The SMILES string of the molecule is COCC(C)Oc1ccc(N)c(C(=N)c2cc(N3CC(C)OC(C)C3)ncn2)c1. The Morgan fingerprint density at radius 1 is 1.28 bits per heavy atom. The van der Waals surface area contributed by atoms with E-state index in [-0.39, 0.29) is 24.0 Å². The molecule has 1 saturated heterocycles. The van der Waals surface area contributed by atoms with Crippen molar-refractivity contribution in [3.8, 4) is 5.75 Å². The van der Waals surface area contributed by atoms with E-state index in [0.717, 1.165) is 18.9 Å². The lowest BCUT2D eigenvalue weighted by Gasteiger charge is -2.36. The highest BCUT2D eigenvalue weighted by Crippen LogP contribution is 2.25. The molecular weight excluding hydrogens is 370 g/mol. The maximum atomic E-state index is 8.67. The number of methoxy groups -OCH3 is 1. The van der Waals surface area contributed by atoms with E-state index in [4.69, 9.17) is 25.4 Å². The lowest BCUT2D eigenvalue weighted by Crippen LogP contribution is -2.45. The van der Waals surface area contributed by atoms with Gasteiger partial charge in [0.05, 0.1) is 30.2 Å². The molecule has 1 aromatic carbocycles. The first-order valence-electron chi connectivity index (χ1n) is 9.74. The molecule has 2 heterocycles. The number of hydrogen-bond donors (Lipinski definition) is 2. The molecule has 0 bridgehead atoms. The molecule has 3 rings (SSSR count). The Morgan fingerprint density at radius 3 is 2.69 bits per heavy atom. The summed E-state index contributed by atoms with van der Waals surface area (Å²) in [4.78, 5) is 10.9. The third kappa shape index (κ3) is 5.21. The molecule has 8 heteroatoms. The fourth-order valence-corrected chi connectivity index (χ4v) is 3.49. The van der Waals surface area contributed by atoms with Crippen molar-refractivity contribution in [1.29, 1.82) is 5.41 Å². The Morgan fingerprint density at radius 2 is 2.00 bits per heavy atom. The Hall–Kier alpha value is -2.71. The Labute approximate surface area is 171 Å². The van der Waals surface area contributed by atoms with Crippen LogP contribution in [0.5, 0.6) is 5.75 Å². The summed E-state index contributed by atoms with van der Waals surface area (Å²) in [5.74, 6) is 1.41. The molecule has 3 unspecified atom stereocenters. The van der Waals surface area contributed by atoms with Gasteiger partial charge in [-0.25, -0.2) is 9.97 Å². The Balaban J connectivity index is 1.83. The number of nitrogens with two attached hydrogens (primary N) is 1. The summed E-state index contributed by atoms with van der Waals surface area (Å²) < 4.78 is 16.8. The second kappa shape index (κ2) is 9.19. The molecule has 156 valence electrons. The number of nitrogen functional groups attached to an aromatic ring is 1. The van der Waals surface area contributed by atoms with Gasteiger partial charge in [-0.05, 0) is 39.0 Å². The average molecular weight is 399 g/mol. The van der Waals surface area contributed by atoms with E-state index in [1.165, 1.54) is 6.33 Å². The van der Waals surface area contributed by atoms with Gasteiger partial charge in [0, 0.05) is 37.5 Å². The quantitative estimate of drug-likeness (QED) is 0.544. The van der Waals surface area contributed by atoms with Gasteiger partial charge in [-0.1, -0.05) is 0 Å². The molecule has 0 spiro atoms. The van der Waals surface area contributed by atoms with E-state index in [1.54, 1.807) is 25.3 Å². The summed E-state index contributed by atoms with van der Waals surface area (Å²) in [5.41, 5.74) is 7.95. The van der Waals surface area contributed by atoms with Crippen molar-refractivity contribution < 1.29 is 14.2 Å². The molecular formula is C21H29N5O3. The van der Waals surface area contributed by atoms with Crippen molar-refractivity contribution in [2.45, 2.75) is 39.1 Å². The molecule has 1 fully saturated rings. The standard InChI is InChI=1S/C21H29N5O3/c1-13-9-26(10-14(2)28-13)20-8-19(24-12-25-20)21(23)17-7-16(5-6-18(17)22)29-15(3)11-27-4/h5-8,12-15,23H,9-11,22H2,1-4H3. The lowest BCUT2D eigenvalue weighted by atomic mass is 10.0. The monoisotopic (exact) mass is 399 g/mol. The number of benzene rings is 1. The predicted molar refractivity (Wildman–Crippen MR) is 113 cm³/mol. The molecule has 0 radical (unpaired) electrons. The number of nitrogens with zero attached hydrogens (tertiary/aromatic N) is 3. The van der Waals surface area contributed by atoms with Crippen molar-refractivity contribution in [2.24, 2.45) is 0 Å². The van der Waals surface area contributed by atoms with E-state index in [9.17, 15) is 0 Å². The lowest BCUT2D eigenvalue weighted by molar-refractivity contribution is -0.00546. The van der Waals surface area contributed by atoms with E-state index in [0.29, 0.717) is 29.3 Å². The summed E-state index contributed by atoms with van der Waals surface area (Å²) in [7, 11) is 1.63. The molecule has 2 aromatic rings. The summed E-state index contributed by atoms with van der Waals surface area (Å²) in [6.45, 7) is 7.98. The van der Waals surface area contributed by atoms with Crippen molar-refractivity contribution in [1.82, 2.24) is 9.97 Å². The Kier molecular flexibility index (Phi) is 6.66. The van der Waals surface area contributed by atoms with Crippen LogP contribution in [0.1, 0.15) is 32.0 Å². The average Bonchev–Trinajstić information content (AvgIpc) is 2.68. The van der Waals surface area contributed by atoms with E-state index in [2.05, 4.69) is 14.9 Å². The molecule has 0 amide bonds. The fourth-order valence-electron chi connectivity index (χ4n) is 3.49. The van der Waals surface area contributed by atoms with E-state index in [1.807, 2.05) is 26.8 Å². The molecule has 3 N–H and O–H groups in total. The van der Waals surface area contributed by atoms with Crippen LogP contribution in [0.3, 0.4) is 0 Å². The summed E-state index contributed by atoms with van der Waals surface area (Å²) in [6, 6.07) is 7.13. The first-order valence-corrected chi connectivity index (χ1v) is 9.74. The van der Waals surface area contributed by atoms with Crippen molar-refractivity contribution in [3.05, 3.63) is 41.9 Å². The van der Waals surface area contributed by atoms with Crippen LogP contribution in [0.4, 0.5) is 11.5 Å². The number of hydrogen-bond acceptors (Lipinski definition) is 8. The van der Waals surface area contributed by atoms with Crippen LogP contribution < -0.4 is 15.4 Å². The number of anilines is 2. The number of ether oxygens (including phenoxy) is 3. The highest BCUT2D eigenvalue weighted by atomic mass is 16.5. The van der Waals surface area contributed by atoms with Gasteiger partial charge in [0.15, 0.2) is 0 Å². The van der Waals surface area contributed by atoms with Crippen LogP contribution in [0.2, 0.25) is 0 Å². The van der Waals surface area contributed by atoms with E-state index >= 15 is 0 Å². The van der Waals surface area contributed by atoms with Gasteiger partial charge >= 0.3 is 0 Å². The zero-order valence-corrected chi connectivity index (χ0v) is 17.4. The molecule has 3 atom stereocenters. The van der Waals surface area contributed by atoms with Crippen LogP contribution >= 0.6 is 0 Å². The van der Waals surface area contributed by atoms with Gasteiger partial charge in [-0.15, -0.1) is 0 Å². The molecule has 1 aliphatic heterocycles. The van der Waals surface area contributed by atoms with Gasteiger partial charge < -0.3 is 24.8 Å². The molecule has 0 saturated carbocycles. The normalized spacial score (nSPS) is 20.3. The van der Waals surface area contributed by atoms with Crippen LogP contribution in [-0.2, 0) is 9.47 Å². The van der Waals surface area contributed by atoms with Crippen molar-refractivity contribution >= 4 is 17.2 Å². The minimum Gasteiger partial charge on any atom is -0.488 e. The zero-order chi connectivity index (χ0) is 21.0. The van der Waals surface area contributed by atoms with Gasteiger partial charge in [-0.3, -0.25) is 5.41 Å².